The first kappa shape index (κ1) is 13.0. The summed E-state index contributed by atoms with van der Waals surface area (Å²) in [4.78, 5) is 9.52. The summed E-state index contributed by atoms with van der Waals surface area (Å²) in [5, 5.41) is 3.44. The van der Waals surface area contributed by atoms with Crippen molar-refractivity contribution in [3.63, 3.8) is 0 Å². The van der Waals surface area contributed by atoms with Gasteiger partial charge in [0.1, 0.15) is 5.82 Å². The van der Waals surface area contributed by atoms with E-state index in [1.807, 2.05) is 0 Å². The Kier molecular flexibility index (Phi) is 3.57. The van der Waals surface area contributed by atoms with Crippen molar-refractivity contribution in [1.29, 1.82) is 0 Å². The summed E-state index contributed by atoms with van der Waals surface area (Å²) in [5.41, 5.74) is 2.40. The monoisotopic (exact) mass is 259 g/mol. The van der Waals surface area contributed by atoms with Crippen LogP contribution in [0.5, 0.6) is 0 Å². The van der Waals surface area contributed by atoms with Crippen LogP contribution < -0.4 is 5.32 Å². The Morgan fingerprint density at radius 1 is 1.37 bits per heavy atom. The highest BCUT2D eigenvalue weighted by molar-refractivity contribution is 5.21. The average Bonchev–Trinajstić information content (AvgIpc) is 3.01. The lowest BCUT2D eigenvalue weighted by atomic mass is 9.88. The van der Waals surface area contributed by atoms with Gasteiger partial charge in [-0.15, -0.1) is 0 Å². The molecule has 104 valence electrons. The van der Waals surface area contributed by atoms with Gasteiger partial charge >= 0.3 is 0 Å². The summed E-state index contributed by atoms with van der Waals surface area (Å²) in [6, 6.07) is 0.346. The van der Waals surface area contributed by atoms with E-state index in [-0.39, 0.29) is 0 Å². The Hall–Kier alpha value is -0.960. The topological polar surface area (TPSA) is 37.8 Å². The van der Waals surface area contributed by atoms with Gasteiger partial charge in [0.25, 0.3) is 0 Å². The van der Waals surface area contributed by atoms with Gasteiger partial charge in [0.05, 0.1) is 0 Å². The molecule has 2 bridgehead atoms. The van der Waals surface area contributed by atoms with Gasteiger partial charge in [-0.3, -0.25) is 0 Å². The fraction of sp³-hybridized carbons (Fsp3) is 0.750. The number of aromatic nitrogens is 2. The largest absolute Gasteiger partial charge is 0.310 e. The Morgan fingerprint density at radius 2 is 2.21 bits per heavy atom. The van der Waals surface area contributed by atoms with E-state index in [0.29, 0.717) is 12.0 Å². The minimum absolute atomic E-state index is 0.346. The van der Waals surface area contributed by atoms with Crippen molar-refractivity contribution in [2.24, 2.45) is 11.8 Å². The number of aryl methyl sites for hydroxylation is 1. The van der Waals surface area contributed by atoms with Crippen LogP contribution in [0, 0.1) is 18.8 Å². The zero-order valence-corrected chi connectivity index (χ0v) is 12.3. The highest BCUT2D eigenvalue weighted by Gasteiger charge is 2.41. The molecule has 3 nitrogen and oxygen atoms in total. The Balaban J connectivity index is 1.79. The molecule has 3 rings (SSSR count). The quantitative estimate of drug-likeness (QED) is 0.901. The molecule has 2 fully saturated rings. The maximum atomic E-state index is 4.83. The van der Waals surface area contributed by atoms with Gasteiger partial charge in [-0.25, -0.2) is 9.97 Å². The molecule has 4 unspecified atom stereocenters. The molecular weight excluding hydrogens is 234 g/mol. The van der Waals surface area contributed by atoms with Gasteiger partial charge in [-0.1, -0.05) is 13.3 Å². The Bertz CT molecular complexity index is 457. The number of fused-ring (bicyclic) bond motifs is 2. The van der Waals surface area contributed by atoms with Gasteiger partial charge in [-0.05, 0) is 51.5 Å². The normalized spacial score (nSPS) is 30.8. The molecule has 0 aliphatic heterocycles. The maximum absolute atomic E-state index is 4.83. The van der Waals surface area contributed by atoms with Crippen molar-refractivity contribution in [1.82, 2.24) is 15.3 Å². The van der Waals surface area contributed by atoms with Crippen LogP contribution in [-0.4, -0.2) is 16.5 Å². The van der Waals surface area contributed by atoms with Crippen molar-refractivity contribution in [2.75, 3.05) is 6.54 Å². The van der Waals surface area contributed by atoms with E-state index >= 15 is 0 Å². The Morgan fingerprint density at radius 3 is 2.79 bits per heavy atom. The van der Waals surface area contributed by atoms with E-state index in [2.05, 4.69) is 32.3 Å². The molecule has 1 aromatic heterocycles. The van der Waals surface area contributed by atoms with Crippen molar-refractivity contribution >= 4 is 0 Å². The summed E-state index contributed by atoms with van der Waals surface area (Å²) in [6.07, 6.45) is 7.63. The number of nitrogens with one attached hydrogen (secondary N) is 1. The first-order valence-electron chi connectivity index (χ1n) is 7.75. The average molecular weight is 259 g/mol. The van der Waals surface area contributed by atoms with Crippen LogP contribution in [0.25, 0.3) is 0 Å². The molecule has 1 aromatic rings. The zero-order valence-electron chi connectivity index (χ0n) is 12.3. The van der Waals surface area contributed by atoms with Crippen LogP contribution in [0.4, 0.5) is 0 Å². The lowest BCUT2D eigenvalue weighted by Crippen LogP contribution is -2.20. The molecule has 0 aromatic carbocycles. The van der Waals surface area contributed by atoms with Crippen LogP contribution in [0.1, 0.15) is 68.6 Å². The molecule has 2 aliphatic rings. The van der Waals surface area contributed by atoms with Gasteiger partial charge in [0.2, 0.25) is 0 Å². The van der Waals surface area contributed by atoms with Crippen LogP contribution in [0.2, 0.25) is 0 Å². The van der Waals surface area contributed by atoms with E-state index in [1.54, 1.807) is 0 Å². The predicted molar refractivity (Wildman–Crippen MR) is 77.0 cm³/mol. The summed E-state index contributed by atoms with van der Waals surface area (Å²) in [5.74, 6) is 3.57. The third-order valence-electron chi connectivity index (χ3n) is 5.08. The highest BCUT2D eigenvalue weighted by atomic mass is 14.9. The molecule has 0 spiro atoms. The Labute approximate surface area is 116 Å². The van der Waals surface area contributed by atoms with E-state index in [1.165, 1.54) is 31.2 Å². The van der Waals surface area contributed by atoms with Crippen LogP contribution in [0.15, 0.2) is 6.20 Å². The van der Waals surface area contributed by atoms with Crippen LogP contribution in [0.3, 0.4) is 0 Å². The molecule has 2 aliphatic carbocycles. The predicted octanol–water partition coefficient (Wildman–Crippen LogP) is 3.36. The summed E-state index contributed by atoms with van der Waals surface area (Å²) < 4.78 is 0. The number of rotatable bonds is 4. The maximum Gasteiger partial charge on any atom is 0.131 e. The highest BCUT2D eigenvalue weighted by Crippen LogP contribution is 2.52. The third kappa shape index (κ3) is 2.40. The third-order valence-corrected chi connectivity index (χ3v) is 5.08. The molecule has 0 saturated heterocycles. The fourth-order valence-electron chi connectivity index (χ4n) is 4.08. The first-order chi connectivity index (χ1) is 9.19. The number of hydrogen-bond donors (Lipinski definition) is 1. The van der Waals surface area contributed by atoms with Gasteiger partial charge in [-0.2, -0.15) is 0 Å². The van der Waals surface area contributed by atoms with Gasteiger partial charge in [0.15, 0.2) is 0 Å². The zero-order chi connectivity index (χ0) is 13.4. The molecule has 3 heteroatoms. The molecule has 1 N–H and O–H groups in total. The summed E-state index contributed by atoms with van der Waals surface area (Å²) in [7, 11) is 0. The lowest BCUT2D eigenvalue weighted by molar-refractivity contribution is 0.404. The smallest absolute Gasteiger partial charge is 0.131 e. The summed E-state index contributed by atoms with van der Waals surface area (Å²) >= 11 is 0. The molecule has 0 amide bonds. The SMILES string of the molecule is CCNC(C)c1cnc(C2CC3CCC2C3)nc1C. The van der Waals surface area contributed by atoms with E-state index < -0.39 is 0 Å². The van der Waals surface area contributed by atoms with E-state index in [0.717, 1.165) is 29.9 Å². The molecule has 0 radical (unpaired) electrons. The second-order valence-corrected chi connectivity index (χ2v) is 6.33. The minimum atomic E-state index is 0.346. The standard InChI is InChI=1S/C16H25N3/c1-4-17-10(2)15-9-18-16(19-11(15)3)14-8-12-5-6-13(14)7-12/h9-10,12-14,17H,4-8H2,1-3H3. The van der Waals surface area contributed by atoms with Crippen molar-refractivity contribution < 1.29 is 0 Å². The number of nitrogens with zero attached hydrogens (tertiary/aromatic N) is 2. The van der Waals surface area contributed by atoms with Crippen LogP contribution >= 0.6 is 0 Å². The van der Waals surface area contributed by atoms with Gasteiger partial charge < -0.3 is 5.32 Å². The van der Waals surface area contributed by atoms with E-state index in [9.17, 15) is 0 Å². The molecular formula is C16H25N3. The van der Waals surface area contributed by atoms with Crippen molar-refractivity contribution in [3.05, 3.63) is 23.3 Å². The fourth-order valence-corrected chi connectivity index (χ4v) is 4.08. The first-order valence-corrected chi connectivity index (χ1v) is 7.75. The van der Waals surface area contributed by atoms with Crippen LogP contribution in [-0.2, 0) is 0 Å². The lowest BCUT2D eigenvalue weighted by Gasteiger charge is -2.22. The molecule has 1 heterocycles. The number of hydrogen-bond acceptors (Lipinski definition) is 3. The molecule has 2 saturated carbocycles. The second-order valence-electron chi connectivity index (χ2n) is 6.33. The summed E-state index contributed by atoms with van der Waals surface area (Å²) in [6.45, 7) is 7.43. The second kappa shape index (κ2) is 5.20. The van der Waals surface area contributed by atoms with E-state index in [4.69, 9.17) is 9.97 Å². The van der Waals surface area contributed by atoms with Crippen molar-refractivity contribution in [2.45, 2.75) is 58.4 Å². The molecule has 4 atom stereocenters. The van der Waals surface area contributed by atoms with Crippen molar-refractivity contribution in [3.8, 4) is 0 Å². The van der Waals surface area contributed by atoms with Gasteiger partial charge in [0, 0.05) is 29.4 Å². The minimum Gasteiger partial charge on any atom is -0.310 e. The molecule has 19 heavy (non-hydrogen) atoms.